The highest BCUT2D eigenvalue weighted by Crippen LogP contribution is 2.15. The molecule has 0 aromatic carbocycles. The van der Waals surface area contributed by atoms with E-state index >= 15 is 0 Å². The van der Waals surface area contributed by atoms with Gasteiger partial charge in [0.1, 0.15) is 18.1 Å². The molecule has 0 aliphatic rings. The first kappa shape index (κ1) is 15.3. The van der Waals surface area contributed by atoms with Crippen LogP contribution in [0.25, 0.3) is 0 Å². The normalized spacial score (nSPS) is 11.7. The number of hydrogen-bond donors (Lipinski definition) is 1. The molecule has 0 saturated heterocycles. The van der Waals surface area contributed by atoms with Crippen LogP contribution in [-0.2, 0) is 17.9 Å². The molecule has 0 amide bonds. The maximum absolute atomic E-state index is 5.78. The average Bonchev–Trinajstić information content (AvgIpc) is 2.62. The molecule has 0 spiro atoms. The van der Waals surface area contributed by atoms with Gasteiger partial charge in [0.15, 0.2) is 0 Å². The Balaban J connectivity index is 2.36. The Kier molecular flexibility index (Phi) is 6.44. The first-order valence-corrected chi connectivity index (χ1v) is 6.88. The third-order valence-corrected chi connectivity index (χ3v) is 2.83. The molecule has 1 aromatic heterocycles. The van der Waals surface area contributed by atoms with Crippen LogP contribution in [0, 0.1) is 12.8 Å². The van der Waals surface area contributed by atoms with Crippen molar-refractivity contribution >= 4 is 0 Å². The molecule has 0 fully saturated rings. The number of rotatable bonds is 8. The van der Waals surface area contributed by atoms with Gasteiger partial charge in [-0.2, -0.15) is 0 Å². The molecule has 0 aliphatic heterocycles. The van der Waals surface area contributed by atoms with E-state index in [1.165, 1.54) is 5.56 Å². The summed E-state index contributed by atoms with van der Waals surface area (Å²) in [7, 11) is 0. The molecule has 0 atom stereocenters. The van der Waals surface area contributed by atoms with E-state index in [4.69, 9.17) is 9.15 Å². The molecule has 1 rings (SSSR count). The summed E-state index contributed by atoms with van der Waals surface area (Å²) in [5.41, 5.74) is 1.20. The molecule has 1 aromatic rings. The Morgan fingerprint density at radius 1 is 1.28 bits per heavy atom. The van der Waals surface area contributed by atoms with E-state index in [9.17, 15) is 0 Å². The third-order valence-electron chi connectivity index (χ3n) is 2.83. The smallest absolute Gasteiger partial charge is 0.130 e. The number of furan rings is 1. The van der Waals surface area contributed by atoms with Crippen molar-refractivity contribution in [3.63, 3.8) is 0 Å². The maximum atomic E-state index is 5.78. The predicted molar refractivity (Wildman–Crippen MR) is 74.5 cm³/mol. The van der Waals surface area contributed by atoms with Gasteiger partial charge in [-0.15, -0.1) is 0 Å². The van der Waals surface area contributed by atoms with Crippen molar-refractivity contribution in [2.75, 3.05) is 6.61 Å². The van der Waals surface area contributed by atoms with Gasteiger partial charge < -0.3 is 14.5 Å². The van der Waals surface area contributed by atoms with Gasteiger partial charge in [0.25, 0.3) is 0 Å². The summed E-state index contributed by atoms with van der Waals surface area (Å²) in [6.07, 6.45) is 1.10. The number of hydrogen-bond acceptors (Lipinski definition) is 3. The molecule has 0 saturated carbocycles. The summed E-state index contributed by atoms with van der Waals surface area (Å²) in [5.74, 6) is 2.64. The summed E-state index contributed by atoms with van der Waals surface area (Å²) in [6.45, 7) is 12.9. The fraction of sp³-hybridized carbons (Fsp3) is 0.733. The third kappa shape index (κ3) is 5.69. The summed E-state index contributed by atoms with van der Waals surface area (Å²) in [4.78, 5) is 0. The Labute approximate surface area is 111 Å². The van der Waals surface area contributed by atoms with Gasteiger partial charge in [-0.1, -0.05) is 27.7 Å². The lowest BCUT2D eigenvalue weighted by atomic mass is 10.1. The van der Waals surface area contributed by atoms with Crippen molar-refractivity contribution < 1.29 is 9.15 Å². The minimum atomic E-state index is 0.472. The molecule has 0 aliphatic carbocycles. The van der Waals surface area contributed by atoms with E-state index in [0.717, 1.165) is 31.1 Å². The molecule has 0 unspecified atom stereocenters. The predicted octanol–water partition coefficient (Wildman–Crippen LogP) is 3.65. The van der Waals surface area contributed by atoms with E-state index in [1.54, 1.807) is 0 Å². The molecule has 0 bridgehead atoms. The number of aryl methyl sites for hydroxylation is 1. The quantitative estimate of drug-likeness (QED) is 0.718. The zero-order chi connectivity index (χ0) is 13.5. The summed E-state index contributed by atoms with van der Waals surface area (Å²) < 4.78 is 11.4. The highest BCUT2D eigenvalue weighted by atomic mass is 16.5. The number of ether oxygens (including phenoxy) is 1. The number of nitrogens with one attached hydrogen (secondary N) is 1. The topological polar surface area (TPSA) is 34.4 Å². The molecule has 18 heavy (non-hydrogen) atoms. The van der Waals surface area contributed by atoms with Crippen molar-refractivity contribution in [1.82, 2.24) is 5.32 Å². The van der Waals surface area contributed by atoms with Crippen molar-refractivity contribution in [2.45, 2.75) is 60.2 Å². The van der Waals surface area contributed by atoms with Crippen LogP contribution in [0.3, 0.4) is 0 Å². The minimum absolute atomic E-state index is 0.472. The van der Waals surface area contributed by atoms with Crippen molar-refractivity contribution in [2.24, 2.45) is 5.92 Å². The highest BCUT2D eigenvalue weighted by molar-refractivity contribution is 5.19. The van der Waals surface area contributed by atoms with Crippen LogP contribution in [-0.4, -0.2) is 12.6 Å². The molecular weight excluding hydrogens is 226 g/mol. The van der Waals surface area contributed by atoms with Crippen LogP contribution in [0.4, 0.5) is 0 Å². The lowest BCUT2D eigenvalue weighted by molar-refractivity contribution is 0.0960. The molecule has 1 N–H and O–H groups in total. The minimum Gasteiger partial charge on any atom is -0.462 e. The van der Waals surface area contributed by atoms with E-state index < -0.39 is 0 Å². The Morgan fingerprint density at radius 3 is 2.61 bits per heavy atom. The fourth-order valence-electron chi connectivity index (χ4n) is 1.63. The lowest BCUT2D eigenvalue weighted by Crippen LogP contribution is -2.21. The molecule has 3 nitrogen and oxygen atoms in total. The second-order valence-corrected chi connectivity index (χ2v) is 5.59. The van der Waals surface area contributed by atoms with Gasteiger partial charge in [-0.3, -0.25) is 0 Å². The Bertz CT molecular complexity index is 342. The molecular formula is C15H27NO2. The summed E-state index contributed by atoms with van der Waals surface area (Å²) in [6, 6.07) is 2.55. The average molecular weight is 253 g/mol. The van der Waals surface area contributed by atoms with Crippen LogP contribution in [0.1, 0.15) is 51.2 Å². The standard InChI is InChI=1S/C15H27NO2/c1-11(2)6-7-17-10-14-8-13(5)15(18-14)9-16-12(3)4/h8,11-12,16H,6-7,9-10H2,1-5H3. The zero-order valence-corrected chi connectivity index (χ0v) is 12.4. The summed E-state index contributed by atoms with van der Waals surface area (Å²) in [5, 5.41) is 3.36. The van der Waals surface area contributed by atoms with Crippen LogP contribution >= 0.6 is 0 Å². The molecule has 3 heteroatoms. The van der Waals surface area contributed by atoms with Crippen LogP contribution in [0.5, 0.6) is 0 Å². The van der Waals surface area contributed by atoms with Crippen molar-refractivity contribution in [1.29, 1.82) is 0 Å². The Hall–Kier alpha value is -0.800. The first-order valence-electron chi connectivity index (χ1n) is 6.88. The van der Waals surface area contributed by atoms with Crippen molar-refractivity contribution in [3.8, 4) is 0 Å². The molecule has 1 heterocycles. The van der Waals surface area contributed by atoms with Crippen LogP contribution in [0.15, 0.2) is 10.5 Å². The summed E-state index contributed by atoms with van der Waals surface area (Å²) >= 11 is 0. The maximum Gasteiger partial charge on any atom is 0.130 e. The Morgan fingerprint density at radius 2 is 2.00 bits per heavy atom. The van der Waals surface area contributed by atoms with E-state index in [1.807, 2.05) is 0 Å². The van der Waals surface area contributed by atoms with Gasteiger partial charge in [0, 0.05) is 12.6 Å². The molecule has 104 valence electrons. The second kappa shape index (κ2) is 7.59. The first-order chi connectivity index (χ1) is 8.49. The van der Waals surface area contributed by atoms with Gasteiger partial charge in [0.2, 0.25) is 0 Å². The van der Waals surface area contributed by atoms with Gasteiger partial charge >= 0.3 is 0 Å². The van der Waals surface area contributed by atoms with Crippen LogP contribution < -0.4 is 5.32 Å². The van der Waals surface area contributed by atoms with Gasteiger partial charge in [-0.25, -0.2) is 0 Å². The van der Waals surface area contributed by atoms with E-state index in [0.29, 0.717) is 18.6 Å². The van der Waals surface area contributed by atoms with E-state index in [-0.39, 0.29) is 0 Å². The van der Waals surface area contributed by atoms with Crippen molar-refractivity contribution in [3.05, 3.63) is 23.2 Å². The largest absolute Gasteiger partial charge is 0.462 e. The van der Waals surface area contributed by atoms with Crippen LogP contribution in [0.2, 0.25) is 0 Å². The molecule has 0 radical (unpaired) electrons. The lowest BCUT2D eigenvalue weighted by Gasteiger charge is -2.06. The second-order valence-electron chi connectivity index (χ2n) is 5.59. The monoisotopic (exact) mass is 253 g/mol. The van der Waals surface area contributed by atoms with Gasteiger partial charge in [0.05, 0.1) is 6.54 Å². The zero-order valence-electron chi connectivity index (χ0n) is 12.4. The SMILES string of the molecule is Cc1cc(COCCC(C)C)oc1CNC(C)C. The van der Waals surface area contributed by atoms with Gasteiger partial charge in [-0.05, 0) is 30.9 Å². The van der Waals surface area contributed by atoms with E-state index in [2.05, 4.69) is 46.0 Å². The fourth-order valence-corrected chi connectivity index (χ4v) is 1.63. The highest BCUT2D eigenvalue weighted by Gasteiger charge is 2.08.